The third-order valence-electron chi connectivity index (χ3n) is 5.97. The van der Waals surface area contributed by atoms with Crippen LogP contribution in [0.5, 0.6) is 11.5 Å². The summed E-state index contributed by atoms with van der Waals surface area (Å²) in [6, 6.07) is 21.1. The zero-order valence-electron chi connectivity index (χ0n) is 19.8. The monoisotopic (exact) mass is 469 g/mol. The molecule has 7 heteroatoms. The van der Waals surface area contributed by atoms with Gasteiger partial charge in [-0.25, -0.2) is 0 Å². The van der Waals surface area contributed by atoms with E-state index < -0.39 is 0 Å². The van der Waals surface area contributed by atoms with Crippen LogP contribution in [0.2, 0.25) is 0 Å². The van der Waals surface area contributed by atoms with Crippen LogP contribution in [0, 0.1) is 13.8 Å². The number of hydrogen-bond donors (Lipinski definition) is 2. The molecule has 0 aliphatic carbocycles. The number of fused-ring (bicyclic) bond motifs is 2. The number of rotatable bonds is 6. The van der Waals surface area contributed by atoms with Crippen LogP contribution in [-0.2, 0) is 17.9 Å². The molecule has 0 saturated carbocycles. The van der Waals surface area contributed by atoms with Gasteiger partial charge in [-0.15, -0.1) is 0 Å². The first-order valence-electron chi connectivity index (χ1n) is 11.6. The molecular weight excluding hydrogens is 442 g/mol. The molecule has 0 saturated heterocycles. The minimum atomic E-state index is -0.280. The number of hydrogen-bond acceptors (Lipinski definition) is 5. The number of aromatic nitrogens is 1. The smallest absolute Gasteiger partial charge is 0.256 e. The van der Waals surface area contributed by atoms with E-state index in [9.17, 15) is 9.59 Å². The molecule has 4 aromatic rings. The van der Waals surface area contributed by atoms with Crippen molar-refractivity contribution in [2.45, 2.75) is 26.9 Å². The Labute approximate surface area is 203 Å². The fourth-order valence-electron chi connectivity index (χ4n) is 4.19. The van der Waals surface area contributed by atoms with Crippen LogP contribution in [0.15, 0.2) is 71.5 Å². The lowest BCUT2D eigenvalue weighted by atomic mass is 10.1. The Hall–Kier alpha value is -4.26. The summed E-state index contributed by atoms with van der Waals surface area (Å²) in [6.07, 6.45) is 0. The quantitative estimate of drug-likeness (QED) is 0.430. The van der Waals surface area contributed by atoms with Crippen molar-refractivity contribution in [2.24, 2.45) is 0 Å². The number of nitrogens with one attached hydrogen (secondary N) is 2. The number of carbonyl (C=O) groups is 1. The van der Waals surface area contributed by atoms with E-state index in [0.717, 1.165) is 22.2 Å². The van der Waals surface area contributed by atoms with Crippen molar-refractivity contribution in [3.8, 4) is 11.5 Å². The van der Waals surface area contributed by atoms with E-state index in [1.54, 1.807) is 6.07 Å². The maximum absolute atomic E-state index is 13.5. The number of carbonyl (C=O) groups excluding carboxylic acids is 1. The van der Waals surface area contributed by atoms with Gasteiger partial charge in [-0.2, -0.15) is 0 Å². The van der Waals surface area contributed by atoms with Gasteiger partial charge >= 0.3 is 0 Å². The summed E-state index contributed by atoms with van der Waals surface area (Å²) in [4.78, 5) is 26.5. The molecule has 3 aromatic carbocycles. The second-order valence-electron chi connectivity index (χ2n) is 8.75. The van der Waals surface area contributed by atoms with Crippen LogP contribution in [0.4, 0.5) is 11.4 Å². The standard InChI is InChI=1S/C28H27N3O4/c1-18-6-8-22(9-7-18)29-16-21-13-20-14-25-26(35-11-10-34-25)15-24(20)31(28(21)33)17-27(32)30-23-5-3-4-19(2)12-23/h3-9,12-15,29H,10-11,16-17H2,1-2H3,(H,30,32). The SMILES string of the molecule is Cc1ccc(NCc2cc3cc4c(cc3n(CC(=O)Nc3cccc(C)c3)c2=O)OCCO4)cc1. The summed E-state index contributed by atoms with van der Waals surface area (Å²) in [6.45, 7) is 5.10. The van der Waals surface area contributed by atoms with Crippen molar-refractivity contribution in [3.63, 3.8) is 0 Å². The lowest BCUT2D eigenvalue weighted by molar-refractivity contribution is -0.116. The molecule has 0 fully saturated rings. The first kappa shape index (κ1) is 22.5. The summed E-state index contributed by atoms with van der Waals surface area (Å²) in [5.74, 6) is 0.926. The molecule has 35 heavy (non-hydrogen) atoms. The van der Waals surface area contributed by atoms with Crippen molar-refractivity contribution in [2.75, 3.05) is 23.8 Å². The van der Waals surface area contributed by atoms with E-state index in [4.69, 9.17) is 9.47 Å². The van der Waals surface area contributed by atoms with Gasteiger partial charge in [0.2, 0.25) is 5.91 Å². The van der Waals surface area contributed by atoms with Gasteiger partial charge in [-0.05, 0) is 55.8 Å². The minimum Gasteiger partial charge on any atom is -0.486 e. The van der Waals surface area contributed by atoms with Crippen LogP contribution in [0.25, 0.3) is 10.9 Å². The Kier molecular flexibility index (Phi) is 6.14. The van der Waals surface area contributed by atoms with Crippen LogP contribution in [0.3, 0.4) is 0 Å². The molecule has 0 unspecified atom stereocenters. The zero-order valence-corrected chi connectivity index (χ0v) is 19.8. The first-order chi connectivity index (χ1) is 17.0. The minimum absolute atomic E-state index is 0.124. The number of amides is 1. The molecule has 2 heterocycles. The molecule has 0 atom stereocenters. The maximum atomic E-state index is 13.5. The molecule has 178 valence electrons. The van der Waals surface area contributed by atoms with Crippen molar-refractivity contribution < 1.29 is 14.3 Å². The van der Waals surface area contributed by atoms with Crippen LogP contribution >= 0.6 is 0 Å². The summed E-state index contributed by atoms with van der Waals surface area (Å²) >= 11 is 0. The van der Waals surface area contributed by atoms with Crippen LogP contribution < -0.4 is 25.7 Å². The topological polar surface area (TPSA) is 81.6 Å². The maximum Gasteiger partial charge on any atom is 0.256 e. The van der Waals surface area contributed by atoms with Gasteiger partial charge < -0.3 is 20.1 Å². The fraction of sp³-hybridized carbons (Fsp3) is 0.214. The number of ether oxygens (including phenoxy) is 2. The Morgan fingerprint density at radius 3 is 2.37 bits per heavy atom. The zero-order chi connectivity index (χ0) is 24.4. The first-order valence-corrected chi connectivity index (χ1v) is 11.6. The summed E-state index contributed by atoms with van der Waals surface area (Å²) in [7, 11) is 0. The molecule has 0 bridgehead atoms. The molecule has 1 aliphatic rings. The Bertz CT molecular complexity index is 1460. The van der Waals surface area contributed by atoms with Gasteiger partial charge in [0.05, 0.1) is 5.52 Å². The fourth-order valence-corrected chi connectivity index (χ4v) is 4.19. The molecule has 2 N–H and O–H groups in total. The lowest BCUT2D eigenvalue weighted by Gasteiger charge is -2.21. The van der Waals surface area contributed by atoms with E-state index >= 15 is 0 Å². The molecule has 1 amide bonds. The second-order valence-corrected chi connectivity index (χ2v) is 8.75. The van der Waals surface area contributed by atoms with Crippen molar-refractivity contribution in [1.29, 1.82) is 0 Å². The highest BCUT2D eigenvalue weighted by Gasteiger charge is 2.18. The highest BCUT2D eigenvalue weighted by molar-refractivity contribution is 5.92. The lowest BCUT2D eigenvalue weighted by Crippen LogP contribution is -2.31. The number of nitrogens with zero attached hydrogens (tertiary/aromatic N) is 1. The molecular formula is C28H27N3O4. The average Bonchev–Trinajstić information content (AvgIpc) is 2.85. The van der Waals surface area contributed by atoms with E-state index in [2.05, 4.69) is 10.6 Å². The summed E-state index contributed by atoms with van der Waals surface area (Å²) < 4.78 is 13.0. The number of aryl methyl sites for hydroxylation is 2. The second kappa shape index (κ2) is 9.54. The number of benzene rings is 3. The third kappa shape index (κ3) is 4.99. The van der Waals surface area contributed by atoms with Gasteiger partial charge in [-0.3, -0.25) is 14.2 Å². The van der Waals surface area contributed by atoms with Gasteiger partial charge in [-0.1, -0.05) is 29.8 Å². The van der Waals surface area contributed by atoms with Gasteiger partial charge in [0.1, 0.15) is 19.8 Å². The molecule has 0 spiro atoms. The Morgan fingerprint density at radius 1 is 0.886 bits per heavy atom. The highest BCUT2D eigenvalue weighted by Crippen LogP contribution is 2.34. The third-order valence-corrected chi connectivity index (χ3v) is 5.97. The van der Waals surface area contributed by atoms with E-state index in [1.807, 2.05) is 74.5 Å². The number of anilines is 2. The molecule has 1 aliphatic heterocycles. The van der Waals surface area contributed by atoms with Crippen molar-refractivity contribution >= 4 is 28.2 Å². The summed E-state index contributed by atoms with van der Waals surface area (Å²) in [5.41, 5.74) is 4.76. The highest BCUT2D eigenvalue weighted by atomic mass is 16.6. The van der Waals surface area contributed by atoms with E-state index in [0.29, 0.717) is 48.0 Å². The van der Waals surface area contributed by atoms with Crippen LogP contribution in [-0.4, -0.2) is 23.7 Å². The van der Waals surface area contributed by atoms with Crippen LogP contribution in [0.1, 0.15) is 16.7 Å². The summed E-state index contributed by atoms with van der Waals surface area (Å²) in [5, 5.41) is 7.01. The molecule has 0 radical (unpaired) electrons. The van der Waals surface area contributed by atoms with E-state index in [1.165, 1.54) is 4.57 Å². The van der Waals surface area contributed by atoms with Crippen molar-refractivity contribution in [1.82, 2.24) is 4.57 Å². The molecule has 7 nitrogen and oxygen atoms in total. The largest absolute Gasteiger partial charge is 0.486 e. The predicted molar refractivity (Wildman–Crippen MR) is 138 cm³/mol. The molecule has 5 rings (SSSR count). The number of pyridine rings is 1. The Balaban J connectivity index is 1.51. The average molecular weight is 470 g/mol. The predicted octanol–water partition coefficient (Wildman–Crippen LogP) is 4.64. The van der Waals surface area contributed by atoms with Crippen molar-refractivity contribution in [3.05, 3.63) is 93.8 Å². The molecule has 1 aromatic heterocycles. The van der Waals surface area contributed by atoms with Gasteiger partial charge in [0, 0.05) is 34.9 Å². The van der Waals surface area contributed by atoms with Gasteiger partial charge in [0.15, 0.2) is 11.5 Å². The Morgan fingerprint density at radius 2 is 1.63 bits per heavy atom. The van der Waals surface area contributed by atoms with Gasteiger partial charge in [0.25, 0.3) is 5.56 Å². The normalized spacial score (nSPS) is 12.4. The van der Waals surface area contributed by atoms with E-state index in [-0.39, 0.29) is 18.0 Å².